The molecule has 18 heavy (non-hydrogen) atoms. The third kappa shape index (κ3) is 2.30. The normalized spacial score (nSPS) is 35.1. The van der Waals surface area contributed by atoms with E-state index in [1.54, 1.807) is 0 Å². The highest BCUT2D eigenvalue weighted by atomic mass is 16.3. The van der Waals surface area contributed by atoms with Gasteiger partial charge in [0.05, 0.1) is 17.1 Å². The molecule has 2 aliphatic rings. The van der Waals surface area contributed by atoms with Crippen LogP contribution in [-0.2, 0) is 0 Å². The highest BCUT2D eigenvalue weighted by Gasteiger charge is 2.52. The van der Waals surface area contributed by atoms with Gasteiger partial charge < -0.3 is 5.11 Å². The van der Waals surface area contributed by atoms with Crippen molar-refractivity contribution in [3.05, 3.63) is 0 Å². The van der Waals surface area contributed by atoms with Crippen molar-refractivity contribution in [2.24, 2.45) is 17.3 Å². The molecule has 0 radical (unpaired) electrons. The molecular weight excluding hydrogens is 222 g/mol. The van der Waals surface area contributed by atoms with Crippen LogP contribution in [0.25, 0.3) is 0 Å². The van der Waals surface area contributed by atoms with Crippen molar-refractivity contribution in [3.63, 3.8) is 0 Å². The van der Waals surface area contributed by atoms with Gasteiger partial charge in [0.1, 0.15) is 0 Å². The molecular formula is C16H27NO. The molecule has 0 bridgehead atoms. The first kappa shape index (κ1) is 13.9. The van der Waals surface area contributed by atoms with Crippen LogP contribution in [0.1, 0.15) is 71.6 Å². The second-order valence-corrected chi connectivity index (χ2v) is 6.91. The van der Waals surface area contributed by atoms with E-state index in [1.807, 2.05) is 13.8 Å². The summed E-state index contributed by atoms with van der Waals surface area (Å²) in [6.07, 6.45) is 10.7. The first-order valence-electron chi connectivity index (χ1n) is 7.65. The van der Waals surface area contributed by atoms with E-state index in [-0.39, 0.29) is 0 Å². The quantitative estimate of drug-likeness (QED) is 0.802. The third-order valence-corrected chi connectivity index (χ3v) is 5.52. The molecule has 2 heteroatoms. The van der Waals surface area contributed by atoms with Gasteiger partial charge >= 0.3 is 0 Å². The summed E-state index contributed by atoms with van der Waals surface area (Å²) < 4.78 is 0. The van der Waals surface area contributed by atoms with E-state index in [0.717, 1.165) is 19.3 Å². The maximum Gasteiger partial charge on any atom is 0.0858 e. The Bertz CT molecular complexity index is 324. The van der Waals surface area contributed by atoms with Crippen molar-refractivity contribution in [2.45, 2.75) is 77.2 Å². The molecule has 0 aromatic heterocycles. The molecule has 2 atom stereocenters. The number of hydrogen-bond acceptors (Lipinski definition) is 2. The molecule has 0 aromatic carbocycles. The van der Waals surface area contributed by atoms with Crippen LogP contribution < -0.4 is 0 Å². The SMILES string of the molecule is CC(C)(C#N)C1(O)CCCCC1C1CCCCC1. The molecule has 0 aromatic rings. The maximum atomic E-state index is 11.2. The predicted octanol–water partition coefficient (Wildman–Crippen LogP) is 4.04. The zero-order valence-electron chi connectivity index (χ0n) is 11.9. The highest BCUT2D eigenvalue weighted by Crippen LogP contribution is 2.51. The molecule has 102 valence electrons. The van der Waals surface area contributed by atoms with Gasteiger partial charge in [-0.3, -0.25) is 0 Å². The number of rotatable bonds is 2. The van der Waals surface area contributed by atoms with Crippen molar-refractivity contribution in [2.75, 3.05) is 0 Å². The topological polar surface area (TPSA) is 44.0 Å². The van der Waals surface area contributed by atoms with Gasteiger partial charge in [0, 0.05) is 0 Å². The van der Waals surface area contributed by atoms with Gasteiger partial charge in [-0.1, -0.05) is 44.9 Å². The van der Waals surface area contributed by atoms with Crippen LogP contribution in [0, 0.1) is 28.6 Å². The zero-order chi connectivity index (χ0) is 13.2. The Labute approximate surface area is 111 Å². The lowest BCUT2D eigenvalue weighted by Crippen LogP contribution is -2.54. The average Bonchev–Trinajstić information content (AvgIpc) is 2.40. The summed E-state index contributed by atoms with van der Waals surface area (Å²) in [5, 5.41) is 20.6. The van der Waals surface area contributed by atoms with E-state index in [2.05, 4.69) is 6.07 Å². The smallest absolute Gasteiger partial charge is 0.0858 e. The van der Waals surface area contributed by atoms with Crippen molar-refractivity contribution in [1.29, 1.82) is 5.26 Å². The lowest BCUT2D eigenvalue weighted by Gasteiger charge is -2.50. The zero-order valence-corrected chi connectivity index (χ0v) is 11.9. The largest absolute Gasteiger partial charge is 0.388 e. The second kappa shape index (κ2) is 5.21. The molecule has 2 fully saturated rings. The van der Waals surface area contributed by atoms with Gasteiger partial charge in [-0.2, -0.15) is 5.26 Å². The fourth-order valence-corrected chi connectivity index (χ4v) is 4.22. The van der Waals surface area contributed by atoms with Crippen LogP contribution >= 0.6 is 0 Å². The van der Waals surface area contributed by atoms with Crippen LogP contribution in [0.4, 0.5) is 0 Å². The van der Waals surface area contributed by atoms with Crippen LogP contribution in [0.5, 0.6) is 0 Å². The Balaban J connectivity index is 2.22. The number of nitrogens with zero attached hydrogens (tertiary/aromatic N) is 1. The van der Waals surface area contributed by atoms with Crippen molar-refractivity contribution < 1.29 is 5.11 Å². The fraction of sp³-hybridized carbons (Fsp3) is 0.938. The van der Waals surface area contributed by atoms with Gasteiger partial charge in [0.25, 0.3) is 0 Å². The number of hydrogen-bond donors (Lipinski definition) is 1. The van der Waals surface area contributed by atoms with E-state index in [4.69, 9.17) is 0 Å². The van der Waals surface area contributed by atoms with E-state index in [9.17, 15) is 10.4 Å². The number of aliphatic hydroxyl groups is 1. The van der Waals surface area contributed by atoms with Crippen LogP contribution in [-0.4, -0.2) is 10.7 Å². The first-order valence-corrected chi connectivity index (χ1v) is 7.65. The summed E-state index contributed by atoms with van der Waals surface area (Å²) in [7, 11) is 0. The first-order chi connectivity index (χ1) is 8.51. The van der Waals surface area contributed by atoms with Gasteiger partial charge in [-0.15, -0.1) is 0 Å². The van der Waals surface area contributed by atoms with Gasteiger partial charge in [0.15, 0.2) is 0 Å². The lowest BCUT2D eigenvalue weighted by molar-refractivity contribution is -0.133. The summed E-state index contributed by atoms with van der Waals surface area (Å²) in [6.45, 7) is 3.85. The van der Waals surface area contributed by atoms with Crippen LogP contribution in [0.2, 0.25) is 0 Å². The Morgan fingerprint density at radius 3 is 2.28 bits per heavy atom. The van der Waals surface area contributed by atoms with Crippen LogP contribution in [0.3, 0.4) is 0 Å². The Morgan fingerprint density at radius 2 is 1.67 bits per heavy atom. The summed E-state index contributed by atoms with van der Waals surface area (Å²) in [5.41, 5.74) is -1.38. The van der Waals surface area contributed by atoms with Gasteiger partial charge in [-0.25, -0.2) is 0 Å². The second-order valence-electron chi connectivity index (χ2n) is 6.91. The minimum absolute atomic E-state index is 0.348. The molecule has 1 N–H and O–H groups in total. The summed E-state index contributed by atoms with van der Waals surface area (Å²) >= 11 is 0. The standard InChI is InChI=1S/C16H27NO/c1-15(2,12-17)16(18)11-7-6-10-14(16)13-8-4-3-5-9-13/h13-14,18H,3-11H2,1-2H3. The predicted molar refractivity (Wildman–Crippen MR) is 72.9 cm³/mol. The molecule has 0 saturated heterocycles. The van der Waals surface area contributed by atoms with Crippen molar-refractivity contribution in [1.82, 2.24) is 0 Å². The Morgan fingerprint density at radius 1 is 1.06 bits per heavy atom. The summed E-state index contributed by atoms with van der Waals surface area (Å²) in [5.74, 6) is 0.998. The molecule has 0 amide bonds. The molecule has 2 unspecified atom stereocenters. The minimum Gasteiger partial charge on any atom is -0.388 e. The monoisotopic (exact) mass is 249 g/mol. The Hall–Kier alpha value is -0.550. The molecule has 2 saturated carbocycles. The Kier molecular flexibility index (Phi) is 4.02. The fourth-order valence-electron chi connectivity index (χ4n) is 4.22. The van der Waals surface area contributed by atoms with E-state index < -0.39 is 11.0 Å². The maximum absolute atomic E-state index is 11.2. The third-order valence-electron chi connectivity index (χ3n) is 5.52. The van der Waals surface area contributed by atoms with E-state index in [0.29, 0.717) is 11.8 Å². The summed E-state index contributed by atoms with van der Waals surface area (Å²) in [4.78, 5) is 0. The van der Waals surface area contributed by atoms with Crippen LogP contribution in [0.15, 0.2) is 0 Å². The average molecular weight is 249 g/mol. The summed E-state index contributed by atoms with van der Waals surface area (Å²) in [6, 6.07) is 2.37. The van der Waals surface area contributed by atoms with Crippen molar-refractivity contribution >= 4 is 0 Å². The van der Waals surface area contributed by atoms with Gasteiger partial charge in [0.2, 0.25) is 0 Å². The highest BCUT2D eigenvalue weighted by molar-refractivity contribution is 5.11. The lowest BCUT2D eigenvalue weighted by atomic mass is 9.57. The molecule has 0 aliphatic heterocycles. The van der Waals surface area contributed by atoms with Crippen molar-refractivity contribution in [3.8, 4) is 6.07 Å². The molecule has 0 heterocycles. The van der Waals surface area contributed by atoms with Gasteiger partial charge in [-0.05, 0) is 38.5 Å². The van der Waals surface area contributed by atoms with E-state index in [1.165, 1.54) is 38.5 Å². The minimum atomic E-state index is -0.762. The molecule has 2 aliphatic carbocycles. The molecule has 2 rings (SSSR count). The molecule has 2 nitrogen and oxygen atoms in total. The molecule has 0 spiro atoms. The van der Waals surface area contributed by atoms with E-state index >= 15 is 0 Å². The number of nitriles is 1.